The third kappa shape index (κ3) is 2.08. The second-order valence-electron chi connectivity index (χ2n) is 7.49. The smallest absolute Gasteiger partial charge is 0.234 e. The molecule has 0 spiro atoms. The Bertz CT molecular complexity index is 769. The van der Waals surface area contributed by atoms with Crippen molar-refractivity contribution in [2.75, 3.05) is 6.79 Å². The third-order valence-electron chi connectivity index (χ3n) is 6.10. The summed E-state index contributed by atoms with van der Waals surface area (Å²) in [6.07, 6.45) is 7.11. The maximum atomic E-state index is 12.9. The van der Waals surface area contributed by atoms with Gasteiger partial charge in [0.1, 0.15) is 0 Å². The summed E-state index contributed by atoms with van der Waals surface area (Å²) in [6.45, 7) is 2.69. The van der Waals surface area contributed by atoms with Crippen LogP contribution < -0.4 is 9.47 Å². The van der Waals surface area contributed by atoms with Crippen molar-refractivity contribution in [1.82, 2.24) is 4.90 Å². The molecular formula is C20H21NO4. The number of fused-ring (bicyclic) bond motifs is 6. The molecule has 0 N–H and O–H groups in total. The Morgan fingerprint density at radius 1 is 1.00 bits per heavy atom. The molecule has 5 heteroatoms. The number of allylic oxidation sites excluding steroid dienone is 2. The first-order chi connectivity index (χ1) is 12.2. The van der Waals surface area contributed by atoms with E-state index in [4.69, 9.17) is 9.47 Å². The minimum Gasteiger partial charge on any atom is -0.454 e. The van der Waals surface area contributed by atoms with Crippen LogP contribution in [0, 0.1) is 23.7 Å². The molecule has 2 heterocycles. The van der Waals surface area contributed by atoms with Crippen molar-refractivity contribution in [2.45, 2.75) is 32.7 Å². The number of ether oxygens (including phenoxy) is 2. The monoisotopic (exact) mass is 339 g/mol. The highest BCUT2D eigenvalue weighted by molar-refractivity contribution is 6.06. The van der Waals surface area contributed by atoms with Gasteiger partial charge in [0.2, 0.25) is 18.6 Å². The van der Waals surface area contributed by atoms with Gasteiger partial charge in [0.25, 0.3) is 0 Å². The van der Waals surface area contributed by atoms with Crippen molar-refractivity contribution in [1.29, 1.82) is 0 Å². The quantitative estimate of drug-likeness (QED) is 0.625. The summed E-state index contributed by atoms with van der Waals surface area (Å²) in [4.78, 5) is 27.3. The highest BCUT2D eigenvalue weighted by atomic mass is 16.7. The van der Waals surface area contributed by atoms with Gasteiger partial charge in [0.05, 0.1) is 18.4 Å². The number of aryl methyl sites for hydroxylation is 1. The average molecular weight is 339 g/mol. The van der Waals surface area contributed by atoms with Gasteiger partial charge >= 0.3 is 0 Å². The molecule has 1 saturated carbocycles. The lowest BCUT2D eigenvalue weighted by Crippen LogP contribution is -2.32. The molecule has 2 amide bonds. The number of carbonyl (C=O) groups excluding carboxylic acids is 2. The molecule has 4 unspecified atom stereocenters. The Morgan fingerprint density at radius 3 is 2.20 bits per heavy atom. The second-order valence-corrected chi connectivity index (χ2v) is 7.49. The van der Waals surface area contributed by atoms with Gasteiger partial charge in [0.15, 0.2) is 11.5 Å². The Labute approximate surface area is 146 Å². The maximum absolute atomic E-state index is 12.9. The number of benzene rings is 1. The number of amides is 2. The van der Waals surface area contributed by atoms with Gasteiger partial charge in [-0.25, -0.2) is 0 Å². The van der Waals surface area contributed by atoms with Crippen LogP contribution in [0.15, 0.2) is 24.3 Å². The largest absolute Gasteiger partial charge is 0.454 e. The van der Waals surface area contributed by atoms with E-state index >= 15 is 0 Å². The van der Waals surface area contributed by atoms with E-state index in [1.165, 1.54) is 4.90 Å². The van der Waals surface area contributed by atoms with E-state index < -0.39 is 0 Å². The van der Waals surface area contributed by atoms with E-state index in [0.29, 0.717) is 12.3 Å². The van der Waals surface area contributed by atoms with Crippen LogP contribution in [0.25, 0.3) is 0 Å². The van der Waals surface area contributed by atoms with Crippen molar-refractivity contribution < 1.29 is 19.1 Å². The van der Waals surface area contributed by atoms with Gasteiger partial charge in [-0.3, -0.25) is 14.5 Å². The SMILES string of the molecule is CCCc1cc2c(cc1CN1C(=O)C3C4C=CC(C4)C3C1=O)OCO2. The summed E-state index contributed by atoms with van der Waals surface area (Å²) in [5.41, 5.74) is 2.12. The highest BCUT2D eigenvalue weighted by Gasteiger charge is 2.59. The Hall–Kier alpha value is -2.30. The summed E-state index contributed by atoms with van der Waals surface area (Å²) in [5.74, 6) is 1.71. The molecule has 4 atom stereocenters. The van der Waals surface area contributed by atoms with Crippen molar-refractivity contribution in [3.05, 3.63) is 35.4 Å². The van der Waals surface area contributed by atoms with Gasteiger partial charge in [-0.2, -0.15) is 0 Å². The molecule has 2 aliphatic carbocycles. The number of imide groups is 1. The van der Waals surface area contributed by atoms with E-state index in [1.807, 2.05) is 12.1 Å². The molecule has 1 saturated heterocycles. The predicted octanol–water partition coefficient (Wildman–Crippen LogP) is 2.67. The first-order valence-electron chi connectivity index (χ1n) is 9.12. The molecule has 130 valence electrons. The van der Waals surface area contributed by atoms with E-state index in [1.54, 1.807) is 0 Å². The fraction of sp³-hybridized carbons (Fsp3) is 0.500. The van der Waals surface area contributed by atoms with Crippen molar-refractivity contribution in [3.8, 4) is 11.5 Å². The maximum Gasteiger partial charge on any atom is 0.234 e. The zero-order valence-corrected chi connectivity index (χ0v) is 14.2. The number of nitrogens with zero attached hydrogens (tertiary/aromatic N) is 1. The number of hydrogen-bond donors (Lipinski definition) is 0. The molecule has 1 aromatic carbocycles. The molecule has 0 aromatic heterocycles. The molecule has 2 aliphatic heterocycles. The van der Waals surface area contributed by atoms with Crippen LogP contribution in [-0.4, -0.2) is 23.5 Å². The molecule has 4 aliphatic rings. The van der Waals surface area contributed by atoms with Crippen LogP contribution in [0.2, 0.25) is 0 Å². The lowest BCUT2D eigenvalue weighted by atomic mass is 9.85. The lowest BCUT2D eigenvalue weighted by molar-refractivity contribution is -0.141. The Morgan fingerprint density at radius 2 is 1.60 bits per heavy atom. The highest BCUT2D eigenvalue weighted by Crippen LogP contribution is 2.52. The standard InChI is InChI=1S/C20H21NO4/c1-2-3-11-7-15-16(25-10-24-15)8-14(11)9-21-19(22)17-12-4-5-13(6-12)18(17)20(21)23/h4-5,7-8,12-13,17-18H,2-3,6,9-10H2,1H3. The Kier molecular flexibility index (Phi) is 3.21. The second kappa shape index (κ2) is 5.35. The van der Waals surface area contributed by atoms with Gasteiger partial charge < -0.3 is 9.47 Å². The zero-order valence-electron chi connectivity index (χ0n) is 14.2. The average Bonchev–Trinajstić information content (AvgIpc) is 3.36. The van der Waals surface area contributed by atoms with Crippen molar-refractivity contribution >= 4 is 11.8 Å². The summed E-state index contributed by atoms with van der Waals surface area (Å²) in [7, 11) is 0. The molecule has 25 heavy (non-hydrogen) atoms. The summed E-state index contributed by atoms with van der Waals surface area (Å²) < 4.78 is 11.0. The molecule has 1 aromatic rings. The molecule has 2 bridgehead atoms. The first-order valence-corrected chi connectivity index (χ1v) is 9.12. The van der Waals surface area contributed by atoms with Crippen LogP contribution in [0.1, 0.15) is 30.9 Å². The minimum absolute atomic E-state index is 0.00645. The normalized spacial score (nSPS) is 31.3. The van der Waals surface area contributed by atoms with Crippen LogP contribution >= 0.6 is 0 Å². The van der Waals surface area contributed by atoms with Gasteiger partial charge in [-0.05, 0) is 47.9 Å². The summed E-state index contributed by atoms with van der Waals surface area (Å²) in [6, 6.07) is 3.94. The van der Waals surface area contributed by atoms with Gasteiger partial charge in [0, 0.05) is 0 Å². The third-order valence-corrected chi connectivity index (χ3v) is 6.10. The van der Waals surface area contributed by atoms with Gasteiger partial charge in [-0.1, -0.05) is 25.5 Å². The van der Waals surface area contributed by atoms with E-state index in [-0.39, 0.29) is 42.3 Å². The lowest BCUT2D eigenvalue weighted by Gasteiger charge is -2.19. The first kappa shape index (κ1) is 15.0. The van der Waals surface area contributed by atoms with E-state index in [9.17, 15) is 9.59 Å². The van der Waals surface area contributed by atoms with E-state index in [2.05, 4.69) is 19.1 Å². The summed E-state index contributed by atoms with van der Waals surface area (Å²) in [5, 5.41) is 0. The number of hydrogen-bond acceptors (Lipinski definition) is 4. The topological polar surface area (TPSA) is 55.8 Å². The summed E-state index contributed by atoms with van der Waals surface area (Å²) >= 11 is 0. The van der Waals surface area contributed by atoms with E-state index in [0.717, 1.165) is 36.1 Å². The number of rotatable bonds is 4. The van der Waals surface area contributed by atoms with Crippen LogP contribution in [-0.2, 0) is 22.6 Å². The molecule has 2 fully saturated rings. The zero-order chi connectivity index (χ0) is 17.1. The molecule has 5 rings (SSSR count). The molecular weight excluding hydrogens is 318 g/mol. The number of likely N-dealkylation sites (tertiary alicyclic amines) is 1. The predicted molar refractivity (Wildman–Crippen MR) is 89.8 cm³/mol. The van der Waals surface area contributed by atoms with Crippen molar-refractivity contribution in [3.63, 3.8) is 0 Å². The number of carbonyl (C=O) groups is 2. The van der Waals surface area contributed by atoms with Crippen LogP contribution in [0.5, 0.6) is 11.5 Å². The fourth-order valence-corrected chi connectivity index (χ4v) is 4.97. The van der Waals surface area contributed by atoms with Crippen LogP contribution in [0.4, 0.5) is 0 Å². The van der Waals surface area contributed by atoms with Crippen molar-refractivity contribution in [2.24, 2.45) is 23.7 Å². The Balaban J connectivity index is 1.46. The molecule has 0 radical (unpaired) electrons. The van der Waals surface area contributed by atoms with Gasteiger partial charge in [-0.15, -0.1) is 0 Å². The fourth-order valence-electron chi connectivity index (χ4n) is 4.97. The molecule has 5 nitrogen and oxygen atoms in total. The minimum atomic E-state index is -0.133. The van der Waals surface area contributed by atoms with Crippen LogP contribution in [0.3, 0.4) is 0 Å².